The maximum Gasteiger partial charge on any atom is 0.293 e. The second-order valence-corrected chi connectivity index (χ2v) is 6.26. The second-order valence-electron chi connectivity index (χ2n) is 6.26. The summed E-state index contributed by atoms with van der Waals surface area (Å²) in [5, 5.41) is 18.1. The number of nitro groups is 1. The summed E-state index contributed by atoms with van der Waals surface area (Å²) in [5.74, 6) is -0.775. The molecule has 0 saturated carbocycles. The van der Waals surface area contributed by atoms with Gasteiger partial charge in [-0.3, -0.25) is 14.9 Å². The number of hydrogen-bond acceptors (Lipinski definition) is 7. The van der Waals surface area contributed by atoms with Crippen LogP contribution in [0, 0.1) is 15.9 Å². The first-order chi connectivity index (χ1) is 14.0. The number of anilines is 2. The predicted molar refractivity (Wildman–Crippen MR) is 107 cm³/mol. The highest BCUT2D eigenvalue weighted by atomic mass is 19.1. The fourth-order valence-corrected chi connectivity index (χ4v) is 2.81. The van der Waals surface area contributed by atoms with Crippen molar-refractivity contribution in [3.05, 3.63) is 64.0 Å². The van der Waals surface area contributed by atoms with Crippen LogP contribution >= 0.6 is 0 Å². The van der Waals surface area contributed by atoms with Gasteiger partial charge in [-0.05, 0) is 30.3 Å². The SMILES string of the molecule is O=C(CNc1ccc(F)cc1)N/N=C\c1ccc(N2CCOCC2)c([N+](=O)[O-])c1. The van der Waals surface area contributed by atoms with E-state index in [4.69, 9.17) is 4.74 Å². The Kier molecular flexibility index (Phi) is 6.69. The van der Waals surface area contributed by atoms with Crippen LogP contribution in [0.1, 0.15) is 5.56 Å². The molecular formula is C19H20FN5O4. The first kappa shape index (κ1) is 20.2. The number of nitro benzene ring substituents is 1. The molecule has 10 heteroatoms. The quantitative estimate of drug-likeness (QED) is 0.418. The van der Waals surface area contributed by atoms with Crippen molar-refractivity contribution in [3.63, 3.8) is 0 Å². The number of hydrogen-bond donors (Lipinski definition) is 2. The normalized spacial score (nSPS) is 14.0. The Hall–Kier alpha value is -3.53. The molecule has 0 radical (unpaired) electrons. The molecule has 2 aromatic carbocycles. The van der Waals surface area contributed by atoms with Crippen molar-refractivity contribution >= 4 is 29.2 Å². The third kappa shape index (κ3) is 5.72. The second kappa shape index (κ2) is 9.60. The molecule has 1 aliphatic heterocycles. The van der Waals surface area contributed by atoms with Gasteiger partial charge in [-0.1, -0.05) is 6.07 Å². The minimum atomic E-state index is -0.437. The predicted octanol–water partition coefficient (Wildman–Crippen LogP) is 2.13. The average molecular weight is 401 g/mol. The van der Waals surface area contributed by atoms with Crippen LogP contribution in [0.25, 0.3) is 0 Å². The van der Waals surface area contributed by atoms with Crippen LogP contribution in [0.4, 0.5) is 21.5 Å². The number of rotatable bonds is 7. The Labute approximate surface area is 166 Å². The Bertz CT molecular complexity index is 898. The maximum atomic E-state index is 12.8. The molecule has 3 rings (SSSR count). The van der Waals surface area contributed by atoms with E-state index in [0.29, 0.717) is 43.2 Å². The van der Waals surface area contributed by atoms with Crippen molar-refractivity contribution in [2.45, 2.75) is 0 Å². The summed E-state index contributed by atoms with van der Waals surface area (Å²) < 4.78 is 18.1. The van der Waals surface area contributed by atoms with Gasteiger partial charge in [0.2, 0.25) is 0 Å². The molecule has 0 bridgehead atoms. The minimum absolute atomic E-state index is 0.0276. The van der Waals surface area contributed by atoms with Crippen LogP contribution in [0.2, 0.25) is 0 Å². The molecule has 1 saturated heterocycles. The number of halogens is 1. The number of hydrazone groups is 1. The first-order valence-corrected chi connectivity index (χ1v) is 8.95. The maximum absolute atomic E-state index is 12.8. The fraction of sp³-hybridized carbons (Fsp3) is 0.263. The number of carbonyl (C=O) groups is 1. The summed E-state index contributed by atoms with van der Waals surface area (Å²) in [6, 6.07) is 10.4. The molecule has 1 aliphatic rings. The molecule has 0 aromatic heterocycles. The third-order valence-corrected chi connectivity index (χ3v) is 4.25. The highest BCUT2D eigenvalue weighted by Gasteiger charge is 2.21. The monoisotopic (exact) mass is 401 g/mol. The van der Waals surface area contributed by atoms with Crippen molar-refractivity contribution in [1.82, 2.24) is 5.43 Å². The molecule has 152 valence electrons. The zero-order chi connectivity index (χ0) is 20.6. The molecule has 0 unspecified atom stereocenters. The van der Waals surface area contributed by atoms with Gasteiger partial charge in [-0.25, -0.2) is 9.82 Å². The molecule has 1 heterocycles. The van der Waals surface area contributed by atoms with Gasteiger partial charge in [-0.15, -0.1) is 0 Å². The van der Waals surface area contributed by atoms with Crippen molar-refractivity contribution in [2.24, 2.45) is 5.10 Å². The summed E-state index contributed by atoms with van der Waals surface area (Å²) in [5.41, 5.74) is 3.92. The van der Waals surface area contributed by atoms with E-state index in [0.717, 1.165) is 0 Å². The lowest BCUT2D eigenvalue weighted by atomic mass is 10.1. The number of benzene rings is 2. The van der Waals surface area contributed by atoms with Crippen LogP contribution in [0.5, 0.6) is 0 Å². The standard InChI is InChI=1S/C19H20FN5O4/c20-15-2-4-16(5-3-15)21-13-19(26)23-22-12-14-1-6-17(18(11-14)25(27)28)24-7-9-29-10-8-24/h1-6,11-12,21H,7-10,13H2,(H,23,26)/b22-12-. The highest BCUT2D eigenvalue weighted by molar-refractivity contribution is 5.86. The number of nitrogens with zero attached hydrogens (tertiary/aromatic N) is 3. The molecule has 9 nitrogen and oxygen atoms in total. The minimum Gasteiger partial charge on any atom is -0.378 e. The number of carbonyl (C=O) groups excluding carboxylic acids is 1. The van der Waals surface area contributed by atoms with E-state index in [1.807, 2.05) is 4.90 Å². The van der Waals surface area contributed by atoms with Gasteiger partial charge in [-0.2, -0.15) is 5.10 Å². The summed E-state index contributed by atoms with van der Waals surface area (Å²) in [7, 11) is 0. The van der Waals surface area contributed by atoms with Crippen molar-refractivity contribution in [2.75, 3.05) is 43.1 Å². The number of nitrogens with one attached hydrogen (secondary N) is 2. The van der Waals surface area contributed by atoms with Crippen LogP contribution < -0.4 is 15.6 Å². The zero-order valence-corrected chi connectivity index (χ0v) is 15.5. The molecule has 1 amide bonds. The van der Waals surface area contributed by atoms with Crippen molar-refractivity contribution in [3.8, 4) is 0 Å². The molecule has 29 heavy (non-hydrogen) atoms. The lowest BCUT2D eigenvalue weighted by Gasteiger charge is -2.28. The van der Waals surface area contributed by atoms with E-state index in [1.54, 1.807) is 12.1 Å². The lowest BCUT2D eigenvalue weighted by Crippen LogP contribution is -2.36. The summed E-state index contributed by atoms with van der Waals surface area (Å²) in [6.45, 7) is 2.17. The summed E-state index contributed by atoms with van der Waals surface area (Å²) >= 11 is 0. The molecule has 1 fully saturated rings. The largest absolute Gasteiger partial charge is 0.378 e. The van der Waals surface area contributed by atoms with E-state index < -0.39 is 10.8 Å². The Morgan fingerprint density at radius 1 is 1.24 bits per heavy atom. The first-order valence-electron chi connectivity index (χ1n) is 8.95. The topological polar surface area (TPSA) is 109 Å². The fourth-order valence-electron chi connectivity index (χ4n) is 2.81. The van der Waals surface area contributed by atoms with Gasteiger partial charge in [0.25, 0.3) is 11.6 Å². The number of amides is 1. The van der Waals surface area contributed by atoms with Gasteiger partial charge in [0, 0.05) is 30.4 Å². The van der Waals surface area contributed by atoms with Gasteiger partial charge in [0.1, 0.15) is 11.5 Å². The van der Waals surface area contributed by atoms with Gasteiger partial charge >= 0.3 is 0 Å². The Morgan fingerprint density at radius 2 is 1.97 bits per heavy atom. The zero-order valence-electron chi connectivity index (χ0n) is 15.5. The van der Waals surface area contributed by atoms with Gasteiger partial charge in [0.15, 0.2) is 0 Å². The van der Waals surface area contributed by atoms with Crippen LogP contribution in [0.15, 0.2) is 47.6 Å². The third-order valence-electron chi connectivity index (χ3n) is 4.25. The van der Waals surface area contributed by atoms with E-state index >= 15 is 0 Å². The molecule has 2 aromatic rings. The van der Waals surface area contributed by atoms with Crippen LogP contribution in [-0.2, 0) is 9.53 Å². The van der Waals surface area contributed by atoms with E-state index in [-0.39, 0.29) is 18.0 Å². The van der Waals surface area contributed by atoms with Gasteiger partial charge < -0.3 is 15.0 Å². The van der Waals surface area contributed by atoms with Crippen LogP contribution in [-0.4, -0.2) is 49.9 Å². The van der Waals surface area contributed by atoms with E-state index in [1.165, 1.54) is 36.5 Å². The summed E-state index contributed by atoms with van der Waals surface area (Å²) in [4.78, 5) is 24.7. The van der Waals surface area contributed by atoms with E-state index in [9.17, 15) is 19.3 Å². The summed E-state index contributed by atoms with van der Waals surface area (Å²) in [6.07, 6.45) is 1.34. The van der Waals surface area contributed by atoms with Crippen LogP contribution in [0.3, 0.4) is 0 Å². The average Bonchev–Trinajstić information content (AvgIpc) is 2.74. The molecule has 2 N–H and O–H groups in total. The van der Waals surface area contributed by atoms with Gasteiger partial charge in [0.05, 0.1) is 30.9 Å². The smallest absolute Gasteiger partial charge is 0.293 e. The lowest BCUT2D eigenvalue weighted by molar-refractivity contribution is -0.384. The van der Waals surface area contributed by atoms with Crippen molar-refractivity contribution in [1.29, 1.82) is 0 Å². The Balaban J connectivity index is 1.58. The highest BCUT2D eigenvalue weighted by Crippen LogP contribution is 2.29. The number of morpholine rings is 1. The molecule has 0 spiro atoms. The molecular weight excluding hydrogens is 381 g/mol. The van der Waals surface area contributed by atoms with Crippen molar-refractivity contribution < 1.29 is 18.8 Å². The molecule has 0 atom stereocenters. The van der Waals surface area contributed by atoms with E-state index in [2.05, 4.69) is 15.8 Å². The number of ether oxygens (including phenoxy) is 1. The molecule has 0 aliphatic carbocycles. The Morgan fingerprint density at radius 3 is 2.66 bits per heavy atom.